The molecule has 7 nitrogen and oxygen atoms in total. The van der Waals surface area contributed by atoms with Crippen LogP contribution in [0.15, 0.2) is 41.1 Å². The quantitative estimate of drug-likeness (QED) is 0.844. The molecule has 0 aliphatic carbocycles. The van der Waals surface area contributed by atoms with Gasteiger partial charge in [-0.25, -0.2) is 4.79 Å². The maximum Gasteiger partial charge on any atom is 0.335 e. The number of carbonyl (C=O) groups excluding carboxylic acids is 1. The van der Waals surface area contributed by atoms with Gasteiger partial charge in [-0.1, -0.05) is 5.16 Å². The standard InChI is InChI=1S/C13H12N2O5/c16-7-6-15(12(17)11-5-8-20-14-11)10-3-1-9(2-4-10)13(18)19/h1-5,8,16H,6-7H2,(H,18,19). The average molecular weight is 276 g/mol. The minimum Gasteiger partial charge on any atom is -0.478 e. The predicted molar refractivity (Wildman–Crippen MR) is 68.7 cm³/mol. The van der Waals surface area contributed by atoms with Crippen molar-refractivity contribution in [2.24, 2.45) is 0 Å². The Morgan fingerprint density at radius 1 is 1.20 bits per heavy atom. The van der Waals surface area contributed by atoms with E-state index in [1.54, 1.807) is 0 Å². The lowest BCUT2D eigenvalue weighted by Gasteiger charge is -2.20. The van der Waals surface area contributed by atoms with Crippen LogP contribution in [-0.2, 0) is 0 Å². The fourth-order valence-corrected chi connectivity index (χ4v) is 1.69. The van der Waals surface area contributed by atoms with Crippen LogP contribution in [0, 0.1) is 0 Å². The first-order valence-electron chi connectivity index (χ1n) is 5.80. The van der Waals surface area contributed by atoms with Gasteiger partial charge in [0.2, 0.25) is 0 Å². The van der Waals surface area contributed by atoms with Gasteiger partial charge in [-0.05, 0) is 24.3 Å². The Labute approximate surface area is 114 Å². The molecular formula is C13H12N2O5. The Balaban J connectivity index is 2.28. The molecule has 104 valence electrons. The number of hydrogen-bond donors (Lipinski definition) is 2. The zero-order valence-corrected chi connectivity index (χ0v) is 10.4. The summed E-state index contributed by atoms with van der Waals surface area (Å²) >= 11 is 0. The predicted octanol–water partition coefficient (Wildman–Crippen LogP) is 1.01. The highest BCUT2D eigenvalue weighted by Crippen LogP contribution is 2.17. The first-order valence-corrected chi connectivity index (χ1v) is 5.80. The molecule has 1 heterocycles. The molecule has 0 saturated carbocycles. The fraction of sp³-hybridized carbons (Fsp3) is 0.154. The summed E-state index contributed by atoms with van der Waals surface area (Å²) < 4.78 is 4.61. The summed E-state index contributed by atoms with van der Waals surface area (Å²) in [6, 6.07) is 7.18. The molecule has 0 spiro atoms. The van der Waals surface area contributed by atoms with Crippen molar-refractivity contribution in [1.29, 1.82) is 0 Å². The fourth-order valence-electron chi connectivity index (χ4n) is 1.69. The van der Waals surface area contributed by atoms with Crippen LogP contribution in [0.1, 0.15) is 20.8 Å². The molecule has 2 N–H and O–H groups in total. The first kappa shape index (κ1) is 13.8. The van der Waals surface area contributed by atoms with Gasteiger partial charge in [-0.2, -0.15) is 0 Å². The van der Waals surface area contributed by atoms with E-state index < -0.39 is 11.9 Å². The second-order valence-electron chi connectivity index (χ2n) is 3.92. The molecular weight excluding hydrogens is 264 g/mol. The lowest BCUT2D eigenvalue weighted by atomic mass is 10.2. The molecule has 1 aromatic heterocycles. The van der Waals surface area contributed by atoms with Gasteiger partial charge in [-0.3, -0.25) is 4.79 Å². The van der Waals surface area contributed by atoms with Crippen molar-refractivity contribution in [3.8, 4) is 0 Å². The van der Waals surface area contributed by atoms with Gasteiger partial charge >= 0.3 is 5.97 Å². The van der Waals surface area contributed by atoms with Crippen molar-refractivity contribution in [2.45, 2.75) is 0 Å². The summed E-state index contributed by atoms with van der Waals surface area (Å²) in [5.41, 5.74) is 0.699. The summed E-state index contributed by atoms with van der Waals surface area (Å²) in [6.07, 6.45) is 1.28. The van der Waals surface area contributed by atoms with Crippen LogP contribution in [0.4, 0.5) is 5.69 Å². The van der Waals surface area contributed by atoms with Crippen LogP contribution in [-0.4, -0.2) is 40.4 Å². The summed E-state index contributed by atoms with van der Waals surface area (Å²) in [5.74, 6) is -1.48. The second kappa shape index (κ2) is 5.98. The number of amides is 1. The van der Waals surface area contributed by atoms with E-state index in [2.05, 4.69) is 9.68 Å². The first-order chi connectivity index (χ1) is 9.63. The van der Waals surface area contributed by atoms with E-state index in [-0.39, 0.29) is 24.4 Å². The van der Waals surface area contributed by atoms with Crippen molar-refractivity contribution < 1.29 is 24.3 Å². The second-order valence-corrected chi connectivity index (χ2v) is 3.92. The number of aromatic nitrogens is 1. The highest BCUT2D eigenvalue weighted by atomic mass is 16.5. The van der Waals surface area contributed by atoms with E-state index in [9.17, 15) is 9.59 Å². The molecule has 20 heavy (non-hydrogen) atoms. The summed E-state index contributed by atoms with van der Waals surface area (Å²) in [6.45, 7) is -0.164. The zero-order valence-electron chi connectivity index (χ0n) is 10.4. The maximum atomic E-state index is 12.2. The summed E-state index contributed by atoms with van der Waals surface area (Å²) in [7, 11) is 0. The third kappa shape index (κ3) is 2.83. The minimum absolute atomic E-state index is 0.0676. The normalized spacial score (nSPS) is 10.2. The Kier molecular flexibility index (Phi) is 4.11. The molecule has 0 bridgehead atoms. The van der Waals surface area contributed by atoms with Crippen LogP contribution in [0.3, 0.4) is 0 Å². The van der Waals surface area contributed by atoms with Gasteiger partial charge in [0.25, 0.3) is 5.91 Å². The molecule has 0 unspecified atom stereocenters. The lowest BCUT2D eigenvalue weighted by Crippen LogP contribution is -2.33. The highest BCUT2D eigenvalue weighted by Gasteiger charge is 2.19. The smallest absolute Gasteiger partial charge is 0.335 e. The largest absolute Gasteiger partial charge is 0.478 e. The topological polar surface area (TPSA) is 104 Å². The van der Waals surface area contributed by atoms with Crippen molar-refractivity contribution >= 4 is 17.6 Å². The van der Waals surface area contributed by atoms with Crippen molar-refractivity contribution in [3.05, 3.63) is 47.9 Å². The van der Waals surface area contributed by atoms with E-state index in [1.165, 1.54) is 41.5 Å². The Bertz CT molecular complexity index is 592. The number of aromatic carboxylic acids is 1. The van der Waals surface area contributed by atoms with E-state index >= 15 is 0 Å². The molecule has 0 radical (unpaired) electrons. The molecule has 0 fully saturated rings. The zero-order chi connectivity index (χ0) is 14.5. The van der Waals surface area contributed by atoms with Crippen molar-refractivity contribution in [3.63, 3.8) is 0 Å². The Morgan fingerprint density at radius 2 is 1.90 bits per heavy atom. The average Bonchev–Trinajstić information content (AvgIpc) is 2.98. The molecule has 0 atom stereocenters. The molecule has 1 amide bonds. The molecule has 0 saturated heterocycles. The van der Waals surface area contributed by atoms with Crippen LogP contribution in [0.2, 0.25) is 0 Å². The number of nitrogens with zero attached hydrogens (tertiary/aromatic N) is 2. The molecule has 0 aliphatic heterocycles. The summed E-state index contributed by atoms with van der Waals surface area (Å²) in [5, 5.41) is 21.4. The number of rotatable bonds is 5. The maximum absolute atomic E-state index is 12.2. The van der Waals surface area contributed by atoms with E-state index in [1.807, 2.05) is 0 Å². The third-order valence-corrected chi connectivity index (χ3v) is 2.65. The van der Waals surface area contributed by atoms with Crippen LogP contribution in [0.25, 0.3) is 0 Å². The molecule has 7 heteroatoms. The SMILES string of the molecule is O=C(O)c1ccc(N(CCO)C(=O)c2ccon2)cc1. The molecule has 2 aromatic rings. The van der Waals surface area contributed by atoms with Gasteiger partial charge in [0, 0.05) is 18.3 Å². The van der Waals surface area contributed by atoms with E-state index in [0.717, 1.165) is 0 Å². The van der Waals surface area contributed by atoms with Gasteiger partial charge in [-0.15, -0.1) is 0 Å². The minimum atomic E-state index is -1.05. The van der Waals surface area contributed by atoms with Gasteiger partial charge in [0.1, 0.15) is 6.26 Å². The van der Waals surface area contributed by atoms with E-state index in [0.29, 0.717) is 5.69 Å². The number of aliphatic hydroxyl groups is 1. The van der Waals surface area contributed by atoms with Crippen LogP contribution in [0.5, 0.6) is 0 Å². The molecule has 0 aliphatic rings. The van der Waals surface area contributed by atoms with Crippen LogP contribution < -0.4 is 4.90 Å². The van der Waals surface area contributed by atoms with Crippen LogP contribution >= 0.6 is 0 Å². The van der Waals surface area contributed by atoms with Crippen molar-refractivity contribution in [1.82, 2.24) is 5.16 Å². The van der Waals surface area contributed by atoms with Crippen molar-refractivity contribution in [2.75, 3.05) is 18.1 Å². The number of hydrogen-bond acceptors (Lipinski definition) is 5. The van der Waals surface area contributed by atoms with Gasteiger partial charge in [0.15, 0.2) is 5.69 Å². The third-order valence-electron chi connectivity index (χ3n) is 2.65. The summed E-state index contributed by atoms with van der Waals surface area (Å²) in [4.78, 5) is 24.3. The van der Waals surface area contributed by atoms with Gasteiger partial charge < -0.3 is 19.6 Å². The highest BCUT2D eigenvalue weighted by molar-refractivity contribution is 6.04. The number of aliphatic hydroxyl groups excluding tert-OH is 1. The number of benzene rings is 1. The molecule has 2 rings (SSSR count). The van der Waals surface area contributed by atoms with E-state index in [4.69, 9.17) is 10.2 Å². The Morgan fingerprint density at radius 3 is 2.40 bits per heavy atom. The van der Waals surface area contributed by atoms with Gasteiger partial charge in [0.05, 0.1) is 12.2 Å². The Hall–Kier alpha value is -2.67. The molecule has 1 aromatic carbocycles. The monoisotopic (exact) mass is 276 g/mol. The number of anilines is 1. The number of carbonyl (C=O) groups is 2. The number of carboxylic acid groups (broad SMARTS) is 1. The number of carboxylic acids is 1. The lowest BCUT2D eigenvalue weighted by molar-refractivity contribution is 0.0696.